The molecule has 3 rings (SSSR count). The SMILES string of the molecule is O=C(c1ccc(C(F)(F)F)cc1)N1CCCN(C(=O)c2cc[nH]c2)CC1. The molecule has 2 aromatic rings. The number of hydrogen-bond acceptors (Lipinski definition) is 2. The van der Waals surface area contributed by atoms with Gasteiger partial charge in [-0.1, -0.05) is 0 Å². The van der Waals surface area contributed by atoms with Gasteiger partial charge in [0.05, 0.1) is 11.1 Å². The molecule has 0 saturated carbocycles. The van der Waals surface area contributed by atoms with Crippen molar-refractivity contribution in [2.75, 3.05) is 26.2 Å². The van der Waals surface area contributed by atoms with Gasteiger partial charge in [-0.3, -0.25) is 9.59 Å². The number of carbonyl (C=O) groups excluding carboxylic acids is 2. The molecule has 5 nitrogen and oxygen atoms in total. The fraction of sp³-hybridized carbons (Fsp3) is 0.333. The molecule has 0 bridgehead atoms. The Morgan fingerprint density at radius 3 is 1.92 bits per heavy atom. The molecule has 2 heterocycles. The van der Waals surface area contributed by atoms with Gasteiger partial charge in [0, 0.05) is 44.1 Å². The second kappa shape index (κ2) is 7.23. The van der Waals surface area contributed by atoms with Crippen LogP contribution in [0.4, 0.5) is 13.2 Å². The molecule has 26 heavy (non-hydrogen) atoms. The summed E-state index contributed by atoms with van der Waals surface area (Å²) in [5, 5.41) is 0. The van der Waals surface area contributed by atoms with E-state index >= 15 is 0 Å². The monoisotopic (exact) mass is 365 g/mol. The molecule has 1 saturated heterocycles. The topological polar surface area (TPSA) is 56.4 Å². The van der Waals surface area contributed by atoms with Crippen LogP contribution in [0, 0.1) is 0 Å². The van der Waals surface area contributed by atoms with E-state index in [0.29, 0.717) is 38.2 Å². The molecule has 0 unspecified atom stereocenters. The molecular weight excluding hydrogens is 347 g/mol. The Kier molecular flexibility index (Phi) is 5.01. The molecule has 8 heteroatoms. The summed E-state index contributed by atoms with van der Waals surface area (Å²) in [5.41, 5.74) is -0.0101. The lowest BCUT2D eigenvalue weighted by Gasteiger charge is -2.22. The van der Waals surface area contributed by atoms with Crippen LogP contribution in [0.3, 0.4) is 0 Å². The fourth-order valence-corrected chi connectivity index (χ4v) is 2.95. The molecule has 1 N–H and O–H groups in total. The summed E-state index contributed by atoms with van der Waals surface area (Å²) in [6.07, 6.45) is -0.518. The van der Waals surface area contributed by atoms with Crippen molar-refractivity contribution in [1.82, 2.24) is 14.8 Å². The van der Waals surface area contributed by atoms with Crippen LogP contribution in [0.5, 0.6) is 0 Å². The van der Waals surface area contributed by atoms with E-state index in [1.807, 2.05) is 0 Å². The quantitative estimate of drug-likeness (QED) is 0.890. The molecule has 138 valence electrons. The van der Waals surface area contributed by atoms with Gasteiger partial charge >= 0.3 is 6.18 Å². The Morgan fingerprint density at radius 2 is 1.42 bits per heavy atom. The number of H-pyrrole nitrogens is 1. The van der Waals surface area contributed by atoms with E-state index in [9.17, 15) is 22.8 Å². The smallest absolute Gasteiger partial charge is 0.367 e. The minimum Gasteiger partial charge on any atom is -0.367 e. The molecule has 0 aliphatic carbocycles. The maximum absolute atomic E-state index is 12.6. The van der Waals surface area contributed by atoms with E-state index in [2.05, 4.69) is 4.98 Å². The van der Waals surface area contributed by atoms with E-state index in [1.54, 1.807) is 28.3 Å². The third-order valence-electron chi connectivity index (χ3n) is 4.37. The molecule has 1 fully saturated rings. The first kappa shape index (κ1) is 18.0. The molecule has 0 spiro atoms. The Balaban J connectivity index is 1.65. The van der Waals surface area contributed by atoms with Crippen LogP contribution in [0.25, 0.3) is 0 Å². The van der Waals surface area contributed by atoms with Gasteiger partial charge in [0.15, 0.2) is 0 Å². The van der Waals surface area contributed by atoms with Crippen molar-refractivity contribution in [1.29, 1.82) is 0 Å². The van der Waals surface area contributed by atoms with E-state index in [4.69, 9.17) is 0 Å². The largest absolute Gasteiger partial charge is 0.416 e. The molecule has 1 aliphatic rings. The van der Waals surface area contributed by atoms with Crippen molar-refractivity contribution in [3.63, 3.8) is 0 Å². The summed E-state index contributed by atoms with van der Waals surface area (Å²) < 4.78 is 37.9. The average Bonchev–Trinajstić information content (AvgIpc) is 3.04. The van der Waals surface area contributed by atoms with Gasteiger partial charge in [-0.2, -0.15) is 13.2 Å². The number of nitrogens with zero attached hydrogens (tertiary/aromatic N) is 2. The number of amides is 2. The number of benzene rings is 1. The maximum atomic E-state index is 12.6. The Hall–Kier alpha value is -2.77. The van der Waals surface area contributed by atoms with Gasteiger partial charge in [-0.05, 0) is 36.8 Å². The first-order valence-corrected chi connectivity index (χ1v) is 8.25. The standard InChI is InChI=1S/C18H18F3N3O2/c19-18(20,21)15-4-2-13(3-5-15)16(25)23-8-1-9-24(11-10-23)17(26)14-6-7-22-12-14/h2-7,12,22H,1,8-11H2. The highest BCUT2D eigenvalue weighted by Crippen LogP contribution is 2.29. The van der Waals surface area contributed by atoms with Crippen LogP contribution < -0.4 is 0 Å². The van der Waals surface area contributed by atoms with Crippen molar-refractivity contribution < 1.29 is 22.8 Å². The highest BCUT2D eigenvalue weighted by molar-refractivity contribution is 5.95. The number of carbonyl (C=O) groups is 2. The van der Waals surface area contributed by atoms with Gasteiger partial charge in [0.25, 0.3) is 11.8 Å². The number of hydrogen-bond donors (Lipinski definition) is 1. The van der Waals surface area contributed by atoms with Crippen LogP contribution in [-0.2, 0) is 6.18 Å². The predicted octanol–water partition coefficient (Wildman–Crippen LogP) is 3.02. The highest BCUT2D eigenvalue weighted by atomic mass is 19.4. The van der Waals surface area contributed by atoms with Crippen molar-refractivity contribution in [2.45, 2.75) is 12.6 Å². The highest BCUT2D eigenvalue weighted by Gasteiger charge is 2.30. The average molecular weight is 365 g/mol. The Bertz CT molecular complexity index is 770. The van der Waals surface area contributed by atoms with Crippen molar-refractivity contribution >= 4 is 11.8 Å². The molecule has 1 aromatic heterocycles. The Morgan fingerprint density at radius 1 is 0.846 bits per heavy atom. The molecule has 0 radical (unpaired) electrons. The molecule has 2 amide bonds. The summed E-state index contributed by atoms with van der Waals surface area (Å²) in [6.45, 7) is 1.71. The maximum Gasteiger partial charge on any atom is 0.416 e. The Labute approximate surface area is 148 Å². The summed E-state index contributed by atoms with van der Waals surface area (Å²) in [5.74, 6) is -0.426. The lowest BCUT2D eigenvalue weighted by atomic mass is 10.1. The van der Waals surface area contributed by atoms with Gasteiger partial charge in [-0.25, -0.2) is 0 Å². The van der Waals surface area contributed by atoms with Crippen molar-refractivity contribution in [3.05, 3.63) is 59.4 Å². The zero-order valence-electron chi connectivity index (χ0n) is 13.9. The van der Waals surface area contributed by atoms with E-state index in [-0.39, 0.29) is 17.4 Å². The number of nitrogens with one attached hydrogen (secondary N) is 1. The molecule has 0 atom stereocenters. The van der Waals surface area contributed by atoms with Crippen LogP contribution in [0.1, 0.15) is 32.7 Å². The number of alkyl halides is 3. The zero-order valence-corrected chi connectivity index (χ0v) is 13.9. The second-order valence-corrected chi connectivity index (χ2v) is 6.11. The van der Waals surface area contributed by atoms with Gasteiger partial charge in [0.1, 0.15) is 0 Å². The van der Waals surface area contributed by atoms with Crippen LogP contribution in [-0.4, -0.2) is 52.8 Å². The third-order valence-corrected chi connectivity index (χ3v) is 4.37. The summed E-state index contributed by atoms with van der Waals surface area (Å²) >= 11 is 0. The van der Waals surface area contributed by atoms with E-state index in [0.717, 1.165) is 12.1 Å². The van der Waals surface area contributed by atoms with Gasteiger partial charge in [-0.15, -0.1) is 0 Å². The first-order chi connectivity index (χ1) is 12.4. The summed E-state index contributed by atoms with van der Waals surface area (Å²) in [6, 6.07) is 5.90. The van der Waals surface area contributed by atoms with Crippen LogP contribution in [0.2, 0.25) is 0 Å². The lowest BCUT2D eigenvalue weighted by Crippen LogP contribution is -2.37. The molecular formula is C18H18F3N3O2. The second-order valence-electron chi connectivity index (χ2n) is 6.11. The fourth-order valence-electron chi connectivity index (χ4n) is 2.95. The van der Waals surface area contributed by atoms with E-state index in [1.165, 1.54) is 12.1 Å². The summed E-state index contributed by atoms with van der Waals surface area (Å²) in [7, 11) is 0. The van der Waals surface area contributed by atoms with Gasteiger partial charge in [0.2, 0.25) is 0 Å². The zero-order chi connectivity index (χ0) is 18.7. The number of aromatic nitrogens is 1. The van der Waals surface area contributed by atoms with Crippen LogP contribution in [0.15, 0.2) is 42.7 Å². The minimum atomic E-state index is -4.43. The van der Waals surface area contributed by atoms with Gasteiger partial charge < -0.3 is 14.8 Å². The molecule has 1 aliphatic heterocycles. The molecule has 1 aromatic carbocycles. The minimum absolute atomic E-state index is 0.102. The van der Waals surface area contributed by atoms with Crippen LogP contribution >= 0.6 is 0 Å². The first-order valence-electron chi connectivity index (χ1n) is 8.25. The number of halogens is 3. The van der Waals surface area contributed by atoms with Crippen molar-refractivity contribution in [3.8, 4) is 0 Å². The lowest BCUT2D eigenvalue weighted by molar-refractivity contribution is -0.137. The van der Waals surface area contributed by atoms with Crippen molar-refractivity contribution in [2.24, 2.45) is 0 Å². The normalized spacial score (nSPS) is 15.7. The summed E-state index contributed by atoms with van der Waals surface area (Å²) in [4.78, 5) is 31.0. The number of rotatable bonds is 2. The van der Waals surface area contributed by atoms with E-state index < -0.39 is 11.7 Å². The third kappa shape index (κ3) is 3.89. The predicted molar refractivity (Wildman–Crippen MR) is 88.7 cm³/mol. The number of aromatic amines is 1.